The summed E-state index contributed by atoms with van der Waals surface area (Å²) in [7, 11) is 1.68. The highest BCUT2D eigenvalue weighted by Gasteiger charge is 2.28. The maximum Gasteiger partial charge on any atom is 0.305 e. The maximum atomic E-state index is 12.7. The number of imidazole rings is 1. The van der Waals surface area contributed by atoms with Crippen LogP contribution in [-0.2, 0) is 25.7 Å². The van der Waals surface area contributed by atoms with Crippen LogP contribution < -0.4 is 5.32 Å². The number of aliphatic carboxylic acids is 1. The third-order valence-electron chi connectivity index (χ3n) is 5.05. The number of rotatable bonds is 11. The molecule has 0 aliphatic heterocycles. The third-order valence-corrected chi connectivity index (χ3v) is 5.05. The molecule has 0 aliphatic rings. The molecule has 0 aliphatic carbocycles. The Balaban J connectivity index is 1.95. The molecule has 30 heavy (non-hydrogen) atoms. The number of fused-ring (bicyclic) bond motifs is 1. The molecule has 2 unspecified atom stereocenters. The van der Waals surface area contributed by atoms with E-state index in [1.807, 2.05) is 42.7 Å². The largest absolute Gasteiger partial charge is 0.481 e. The monoisotopic (exact) mass is 416 g/mol. The van der Waals surface area contributed by atoms with E-state index in [2.05, 4.69) is 10.3 Å². The number of amides is 2. The Hall–Kier alpha value is -3.23. The Kier molecular flexibility index (Phi) is 8.08. The molecule has 9 nitrogen and oxygen atoms in total. The Morgan fingerprint density at radius 2 is 1.93 bits per heavy atom. The van der Waals surface area contributed by atoms with Gasteiger partial charge < -0.3 is 24.7 Å². The van der Waals surface area contributed by atoms with Crippen molar-refractivity contribution in [3.8, 4) is 0 Å². The minimum absolute atomic E-state index is 0.0245. The number of carboxylic acids is 1. The molecule has 0 fully saturated rings. The van der Waals surface area contributed by atoms with Crippen LogP contribution in [0.25, 0.3) is 11.0 Å². The highest BCUT2D eigenvalue weighted by atomic mass is 16.4. The van der Waals surface area contributed by atoms with Crippen LogP contribution in [0.2, 0.25) is 0 Å². The van der Waals surface area contributed by atoms with Crippen LogP contribution in [0, 0.1) is 11.8 Å². The Morgan fingerprint density at radius 3 is 2.57 bits per heavy atom. The second kappa shape index (κ2) is 10.5. The zero-order valence-electron chi connectivity index (χ0n) is 17.4. The number of carbonyl (C=O) groups excluding carboxylic acids is 3. The molecule has 2 aromatic rings. The number of benzene rings is 1. The van der Waals surface area contributed by atoms with E-state index >= 15 is 0 Å². The molecular formula is C21H28N4O5. The summed E-state index contributed by atoms with van der Waals surface area (Å²) in [5.74, 6) is -2.70. The molecule has 0 bridgehead atoms. The van der Waals surface area contributed by atoms with Gasteiger partial charge in [-0.25, -0.2) is 4.98 Å². The van der Waals surface area contributed by atoms with Crippen molar-refractivity contribution >= 4 is 35.1 Å². The predicted octanol–water partition coefficient (Wildman–Crippen LogP) is 1.32. The van der Waals surface area contributed by atoms with E-state index in [9.17, 15) is 19.2 Å². The molecule has 0 spiro atoms. The van der Waals surface area contributed by atoms with Gasteiger partial charge in [-0.1, -0.05) is 26.0 Å². The van der Waals surface area contributed by atoms with Crippen molar-refractivity contribution in [2.45, 2.75) is 39.3 Å². The second-order valence-electron chi connectivity index (χ2n) is 7.65. The van der Waals surface area contributed by atoms with Crippen molar-refractivity contribution in [1.82, 2.24) is 19.8 Å². The summed E-state index contributed by atoms with van der Waals surface area (Å²) in [5.41, 5.74) is 1.87. The van der Waals surface area contributed by atoms with Crippen molar-refractivity contribution in [3.63, 3.8) is 0 Å². The first-order valence-corrected chi connectivity index (χ1v) is 9.84. The molecule has 0 saturated carbocycles. The van der Waals surface area contributed by atoms with Crippen LogP contribution in [0.1, 0.15) is 26.7 Å². The number of para-hydroxylation sites is 2. The average Bonchev–Trinajstić information content (AvgIpc) is 3.11. The summed E-state index contributed by atoms with van der Waals surface area (Å²) in [5, 5.41) is 11.2. The smallest absolute Gasteiger partial charge is 0.305 e. The third kappa shape index (κ3) is 6.13. The molecule has 2 amide bonds. The fraction of sp³-hybridized carbons (Fsp3) is 0.476. The standard InChI is InChI=1S/C21H28N4O5/c1-14(2)16(21(30)23-15(12-26)10-20(28)29)11-19(27)24(3)8-9-25-13-22-17-6-4-5-7-18(17)25/h4-7,12-16H,8-11H2,1-3H3,(H,23,30)(H,28,29). The van der Waals surface area contributed by atoms with Gasteiger partial charge in [0.25, 0.3) is 0 Å². The van der Waals surface area contributed by atoms with Crippen molar-refractivity contribution in [1.29, 1.82) is 0 Å². The topological polar surface area (TPSA) is 122 Å². The fourth-order valence-electron chi connectivity index (χ4n) is 3.16. The molecule has 2 atom stereocenters. The van der Waals surface area contributed by atoms with Gasteiger partial charge in [-0.15, -0.1) is 0 Å². The van der Waals surface area contributed by atoms with Gasteiger partial charge in [0.05, 0.1) is 29.8 Å². The molecular weight excluding hydrogens is 388 g/mol. The lowest BCUT2D eigenvalue weighted by atomic mass is 9.90. The number of carbonyl (C=O) groups is 4. The summed E-state index contributed by atoms with van der Waals surface area (Å²) in [4.78, 5) is 52.9. The predicted molar refractivity (Wildman–Crippen MR) is 111 cm³/mol. The first-order valence-electron chi connectivity index (χ1n) is 9.84. The van der Waals surface area contributed by atoms with E-state index in [-0.39, 0.29) is 18.2 Å². The molecule has 2 N–H and O–H groups in total. The number of likely N-dealkylation sites (N-methyl/N-ethyl adjacent to an activating group) is 1. The number of carboxylic acid groups (broad SMARTS) is 1. The summed E-state index contributed by atoms with van der Waals surface area (Å²) >= 11 is 0. The van der Waals surface area contributed by atoms with Crippen LogP contribution in [-0.4, -0.2) is 63.3 Å². The van der Waals surface area contributed by atoms with Crippen LogP contribution in [0.5, 0.6) is 0 Å². The molecule has 1 heterocycles. The van der Waals surface area contributed by atoms with Crippen molar-refractivity contribution in [2.24, 2.45) is 11.8 Å². The van der Waals surface area contributed by atoms with Gasteiger partial charge >= 0.3 is 5.97 Å². The van der Waals surface area contributed by atoms with Crippen LogP contribution in [0.3, 0.4) is 0 Å². The van der Waals surface area contributed by atoms with Crippen LogP contribution >= 0.6 is 0 Å². The minimum Gasteiger partial charge on any atom is -0.481 e. The van der Waals surface area contributed by atoms with Gasteiger partial charge in [0, 0.05) is 32.5 Å². The Bertz CT molecular complexity index is 908. The van der Waals surface area contributed by atoms with E-state index in [1.165, 1.54) is 0 Å². The SMILES string of the molecule is CC(C)C(CC(=O)N(C)CCn1cnc2ccccc21)C(=O)NC(C=O)CC(=O)O. The highest BCUT2D eigenvalue weighted by molar-refractivity contribution is 5.88. The lowest BCUT2D eigenvalue weighted by Gasteiger charge is -2.24. The van der Waals surface area contributed by atoms with Crippen LogP contribution in [0.15, 0.2) is 30.6 Å². The van der Waals surface area contributed by atoms with Gasteiger partial charge in [-0.2, -0.15) is 0 Å². The molecule has 0 saturated heterocycles. The zero-order chi connectivity index (χ0) is 22.3. The van der Waals surface area contributed by atoms with Gasteiger partial charge in [-0.3, -0.25) is 14.4 Å². The van der Waals surface area contributed by atoms with E-state index < -0.39 is 30.3 Å². The number of hydrogen-bond acceptors (Lipinski definition) is 5. The van der Waals surface area contributed by atoms with Crippen molar-refractivity contribution in [2.75, 3.05) is 13.6 Å². The fourth-order valence-corrected chi connectivity index (χ4v) is 3.16. The molecule has 9 heteroatoms. The van der Waals surface area contributed by atoms with Crippen molar-refractivity contribution in [3.05, 3.63) is 30.6 Å². The summed E-state index contributed by atoms with van der Waals surface area (Å²) in [6.45, 7) is 4.62. The molecule has 0 radical (unpaired) electrons. The zero-order valence-corrected chi connectivity index (χ0v) is 17.4. The Labute approximate surface area is 175 Å². The molecule has 2 rings (SSSR count). The molecule has 1 aromatic heterocycles. The Morgan fingerprint density at radius 1 is 1.23 bits per heavy atom. The molecule has 1 aromatic carbocycles. The number of aldehydes is 1. The van der Waals surface area contributed by atoms with E-state index in [1.54, 1.807) is 18.3 Å². The summed E-state index contributed by atoms with van der Waals surface area (Å²) < 4.78 is 1.96. The van der Waals surface area contributed by atoms with Gasteiger partial charge in [0.15, 0.2) is 0 Å². The van der Waals surface area contributed by atoms with Crippen LogP contribution in [0.4, 0.5) is 0 Å². The first-order chi connectivity index (χ1) is 14.2. The summed E-state index contributed by atoms with van der Waals surface area (Å²) in [6, 6.07) is 6.61. The number of nitrogens with zero attached hydrogens (tertiary/aromatic N) is 3. The van der Waals surface area contributed by atoms with E-state index in [0.29, 0.717) is 19.4 Å². The quantitative estimate of drug-likeness (QED) is 0.533. The van der Waals surface area contributed by atoms with Gasteiger partial charge in [0.2, 0.25) is 11.8 Å². The maximum absolute atomic E-state index is 12.7. The minimum atomic E-state index is -1.18. The first kappa shape index (κ1) is 23.1. The van der Waals surface area contributed by atoms with E-state index in [0.717, 1.165) is 11.0 Å². The number of hydrogen-bond donors (Lipinski definition) is 2. The summed E-state index contributed by atoms with van der Waals surface area (Å²) in [6.07, 6.45) is 1.61. The normalized spacial score (nSPS) is 13.1. The lowest BCUT2D eigenvalue weighted by Crippen LogP contribution is -2.44. The van der Waals surface area contributed by atoms with Crippen molar-refractivity contribution < 1.29 is 24.3 Å². The second-order valence-corrected chi connectivity index (χ2v) is 7.65. The number of nitrogens with one attached hydrogen (secondary N) is 1. The van der Waals surface area contributed by atoms with Gasteiger partial charge in [-0.05, 0) is 18.1 Å². The van der Waals surface area contributed by atoms with Gasteiger partial charge in [0.1, 0.15) is 6.29 Å². The highest BCUT2D eigenvalue weighted by Crippen LogP contribution is 2.18. The number of aromatic nitrogens is 2. The average molecular weight is 416 g/mol. The molecule has 162 valence electrons. The van der Waals surface area contributed by atoms with E-state index in [4.69, 9.17) is 5.11 Å². The lowest BCUT2D eigenvalue weighted by molar-refractivity contribution is -0.140.